The molecular formula is C19H34IN5O2. The Hall–Kier alpha value is -1.58. The quantitative estimate of drug-likeness (QED) is 0.332. The topological polar surface area (TPSA) is 78.8 Å². The zero-order valence-corrected chi connectivity index (χ0v) is 19.7. The summed E-state index contributed by atoms with van der Waals surface area (Å²) in [6, 6.07) is 3.81. The van der Waals surface area contributed by atoms with Crippen LogP contribution in [0.15, 0.2) is 23.3 Å². The molecule has 8 heteroatoms. The zero-order chi connectivity index (χ0) is 19.6. The fraction of sp³-hybridized carbons (Fsp3) is 0.632. The maximum absolute atomic E-state index is 12.1. The van der Waals surface area contributed by atoms with Crippen LogP contribution in [0.25, 0.3) is 0 Å². The first kappa shape index (κ1) is 25.4. The van der Waals surface area contributed by atoms with E-state index in [1.54, 1.807) is 6.20 Å². The van der Waals surface area contributed by atoms with Gasteiger partial charge in [0.2, 0.25) is 11.8 Å². The molecule has 2 N–H and O–H groups in total. The predicted octanol–water partition coefficient (Wildman–Crippen LogP) is 2.80. The molecule has 7 nitrogen and oxygen atoms in total. The van der Waals surface area contributed by atoms with Gasteiger partial charge in [0.1, 0.15) is 0 Å². The van der Waals surface area contributed by atoms with Crippen LogP contribution in [0.1, 0.15) is 46.6 Å². The summed E-state index contributed by atoms with van der Waals surface area (Å²) in [7, 11) is 1.85. The minimum absolute atomic E-state index is 0. The summed E-state index contributed by atoms with van der Waals surface area (Å²) >= 11 is 0. The van der Waals surface area contributed by atoms with Crippen molar-refractivity contribution in [3.05, 3.63) is 23.9 Å². The van der Waals surface area contributed by atoms with E-state index in [4.69, 9.17) is 4.74 Å². The second-order valence-electron chi connectivity index (χ2n) is 7.18. The number of amides is 1. The third-order valence-corrected chi connectivity index (χ3v) is 3.25. The molecule has 0 aliphatic carbocycles. The van der Waals surface area contributed by atoms with Gasteiger partial charge in [-0.2, -0.15) is 0 Å². The largest absolute Gasteiger partial charge is 0.478 e. The number of ether oxygens (including phenoxy) is 1. The first-order valence-corrected chi connectivity index (χ1v) is 9.13. The van der Waals surface area contributed by atoms with E-state index < -0.39 is 0 Å². The molecule has 1 aromatic heterocycles. The van der Waals surface area contributed by atoms with Crippen LogP contribution in [0.3, 0.4) is 0 Å². The summed E-state index contributed by atoms with van der Waals surface area (Å²) in [5.41, 5.74) is 0.734. The molecule has 1 heterocycles. The molecule has 154 valence electrons. The van der Waals surface area contributed by atoms with Gasteiger partial charge in [0.05, 0.1) is 19.7 Å². The molecule has 0 spiro atoms. The zero-order valence-electron chi connectivity index (χ0n) is 17.3. The highest BCUT2D eigenvalue weighted by molar-refractivity contribution is 14.0. The molecule has 0 unspecified atom stereocenters. The number of pyridine rings is 1. The van der Waals surface area contributed by atoms with E-state index in [1.807, 2.05) is 51.8 Å². The molecule has 0 radical (unpaired) electrons. The standard InChI is InChI=1S/C19H33N5O2.HI/c1-7-11-26-17-10-9-15(12-21-17)13-22-18(20-8-2)24(6)14-16(25)23-19(3,4)5;/h9-10,12H,7-8,11,13-14H2,1-6H3,(H,20,22)(H,23,25);1H. The van der Waals surface area contributed by atoms with E-state index in [2.05, 4.69) is 27.5 Å². The monoisotopic (exact) mass is 491 g/mol. The van der Waals surface area contributed by atoms with E-state index in [0.29, 0.717) is 25.0 Å². The number of rotatable bonds is 8. The summed E-state index contributed by atoms with van der Waals surface area (Å²) < 4.78 is 5.48. The number of likely N-dealkylation sites (N-methyl/N-ethyl adjacent to an activating group) is 1. The van der Waals surface area contributed by atoms with Crippen molar-refractivity contribution >= 4 is 35.8 Å². The first-order valence-electron chi connectivity index (χ1n) is 9.13. The van der Waals surface area contributed by atoms with Crippen LogP contribution in [-0.4, -0.2) is 54.0 Å². The van der Waals surface area contributed by atoms with Gasteiger partial charge in [-0.1, -0.05) is 13.0 Å². The summed E-state index contributed by atoms with van der Waals surface area (Å²) in [5.74, 6) is 1.27. The Balaban J connectivity index is 0.00000676. The molecule has 0 aliphatic heterocycles. The average molecular weight is 491 g/mol. The van der Waals surface area contributed by atoms with Crippen molar-refractivity contribution in [1.82, 2.24) is 20.5 Å². The number of hydrogen-bond acceptors (Lipinski definition) is 4. The highest BCUT2D eigenvalue weighted by Crippen LogP contribution is 2.09. The molecule has 1 aromatic rings. The lowest BCUT2D eigenvalue weighted by Gasteiger charge is -2.25. The molecule has 0 aliphatic rings. The van der Waals surface area contributed by atoms with Gasteiger partial charge in [0.25, 0.3) is 0 Å². The Bertz CT molecular complexity index is 585. The Kier molecular flexibility index (Phi) is 12.0. The number of carbonyl (C=O) groups is 1. The maximum atomic E-state index is 12.1. The van der Waals surface area contributed by atoms with Crippen LogP contribution >= 0.6 is 24.0 Å². The molecule has 0 atom stereocenters. The molecule has 0 aromatic carbocycles. The van der Waals surface area contributed by atoms with Gasteiger partial charge >= 0.3 is 0 Å². The third-order valence-electron chi connectivity index (χ3n) is 3.25. The number of nitrogens with one attached hydrogen (secondary N) is 2. The highest BCUT2D eigenvalue weighted by atomic mass is 127. The smallest absolute Gasteiger partial charge is 0.240 e. The lowest BCUT2D eigenvalue weighted by molar-refractivity contribution is -0.122. The fourth-order valence-corrected chi connectivity index (χ4v) is 2.18. The van der Waals surface area contributed by atoms with Gasteiger partial charge in [-0.05, 0) is 39.7 Å². The van der Waals surface area contributed by atoms with Crippen molar-refractivity contribution in [2.75, 3.05) is 26.7 Å². The second-order valence-corrected chi connectivity index (χ2v) is 7.18. The van der Waals surface area contributed by atoms with Crippen molar-refractivity contribution in [1.29, 1.82) is 0 Å². The SMILES string of the molecule is CCCOc1ccc(CN=C(NCC)N(C)CC(=O)NC(C)(C)C)cn1.I. The maximum Gasteiger partial charge on any atom is 0.240 e. The second kappa shape index (κ2) is 12.7. The number of nitrogens with zero attached hydrogens (tertiary/aromatic N) is 3. The number of aliphatic imine (C=N–C) groups is 1. The van der Waals surface area contributed by atoms with Crippen LogP contribution in [0, 0.1) is 0 Å². The summed E-state index contributed by atoms with van der Waals surface area (Å²) in [4.78, 5) is 22.8. The number of guanidine groups is 1. The van der Waals surface area contributed by atoms with Crippen LogP contribution in [0.4, 0.5) is 0 Å². The van der Waals surface area contributed by atoms with Crippen molar-refractivity contribution < 1.29 is 9.53 Å². The molecule has 0 fully saturated rings. The van der Waals surface area contributed by atoms with Gasteiger partial charge in [-0.15, -0.1) is 24.0 Å². The normalized spacial score (nSPS) is 11.4. The van der Waals surface area contributed by atoms with Gasteiger partial charge in [0, 0.05) is 31.4 Å². The third kappa shape index (κ3) is 11.0. The van der Waals surface area contributed by atoms with E-state index in [1.165, 1.54) is 0 Å². The number of halogens is 1. The molecule has 0 saturated carbocycles. The van der Waals surface area contributed by atoms with Crippen molar-refractivity contribution in [2.45, 2.75) is 53.1 Å². The van der Waals surface area contributed by atoms with Crippen LogP contribution < -0.4 is 15.4 Å². The minimum atomic E-state index is -0.249. The van der Waals surface area contributed by atoms with E-state index in [-0.39, 0.29) is 42.0 Å². The fourth-order valence-electron chi connectivity index (χ4n) is 2.18. The molecular weight excluding hydrogens is 457 g/mol. The van der Waals surface area contributed by atoms with E-state index in [0.717, 1.165) is 18.5 Å². The Morgan fingerprint density at radius 3 is 2.52 bits per heavy atom. The van der Waals surface area contributed by atoms with E-state index >= 15 is 0 Å². The molecule has 1 rings (SSSR count). The lowest BCUT2D eigenvalue weighted by Crippen LogP contribution is -2.48. The summed E-state index contributed by atoms with van der Waals surface area (Å²) in [6.45, 7) is 12.1. The summed E-state index contributed by atoms with van der Waals surface area (Å²) in [5, 5.41) is 6.17. The first-order chi connectivity index (χ1) is 12.2. The Morgan fingerprint density at radius 1 is 1.30 bits per heavy atom. The molecule has 1 amide bonds. The van der Waals surface area contributed by atoms with Crippen molar-refractivity contribution in [3.8, 4) is 5.88 Å². The number of aromatic nitrogens is 1. The van der Waals surface area contributed by atoms with Crippen molar-refractivity contribution in [2.24, 2.45) is 4.99 Å². The molecule has 0 bridgehead atoms. The molecule has 27 heavy (non-hydrogen) atoms. The highest BCUT2D eigenvalue weighted by Gasteiger charge is 2.16. The number of carbonyl (C=O) groups excluding carboxylic acids is 1. The van der Waals surface area contributed by atoms with Gasteiger partial charge < -0.3 is 20.3 Å². The average Bonchev–Trinajstić information content (AvgIpc) is 2.55. The number of hydrogen-bond donors (Lipinski definition) is 2. The van der Waals surface area contributed by atoms with Gasteiger partial charge in [0.15, 0.2) is 5.96 Å². The Labute approximate surface area is 180 Å². The lowest BCUT2D eigenvalue weighted by atomic mass is 10.1. The molecule has 0 saturated heterocycles. The van der Waals surface area contributed by atoms with E-state index in [9.17, 15) is 4.79 Å². The van der Waals surface area contributed by atoms with Gasteiger partial charge in [-0.3, -0.25) is 4.79 Å². The van der Waals surface area contributed by atoms with Crippen LogP contribution in [0.2, 0.25) is 0 Å². The minimum Gasteiger partial charge on any atom is -0.478 e. The van der Waals surface area contributed by atoms with Gasteiger partial charge in [-0.25, -0.2) is 9.98 Å². The Morgan fingerprint density at radius 2 is 2.00 bits per heavy atom. The van der Waals surface area contributed by atoms with Crippen molar-refractivity contribution in [3.63, 3.8) is 0 Å². The van der Waals surface area contributed by atoms with Crippen LogP contribution in [-0.2, 0) is 11.3 Å². The summed E-state index contributed by atoms with van der Waals surface area (Å²) in [6.07, 6.45) is 2.72. The van der Waals surface area contributed by atoms with Crippen LogP contribution in [0.5, 0.6) is 5.88 Å². The predicted molar refractivity (Wildman–Crippen MR) is 121 cm³/mol.